The standard InChI is InChI=1S/C21H26ClNO5/c1-21(2,15-3-7-19(8-4-15)27-13-17(24)11-22)16-5-9-20(10-6-16)28-14-18(25)12-23-26/h3-10,17-18,24-25H,11-14H2,1-2H3. The molecule has 0 aliphatic carbocycles. The van der Waals surface area contributed by atoms with E-state index in [2.05, 4.69) is 19.0 Å². The minimum absolute atomic E-state index is 0.0222. The highest BCUT2D eigenvalue weighted by atomic mass is 35.5. The smallest absolute Gasteiger partial charge is 0.119 e. The molecule has 0 aliphatic heterocycles. The lowest BCUT2D eigenvalue weighted by Crippen LogP contribution is -2.21. The Morgan fingerprint density at radius 2 is 1.32 bits per heavy atom. The zero-order chi connectivity index (χ0) is 20.6. The lowest BCUT2D eigenvalue weighted by molar-refractivity contribution is 0.114. The van der Waals surface area contributed by atoms with Crippen LogP contribution in [0.1, 0.15) is 25.0 Å². The predicted octanol–water partition coefficient (Wildman–Crippen LogP) is 3.50. The van der Waals surface area contributed by atoms with Crippen LogP contribution in [0.3, 0.4) is 0 Å². The van der Waals surface area contributed by atoms with Crippen LogP contribution in [0.15, 0.2) is 53.7 Å². The van der Waals surface area contributed by atoms with Crippen molar-refractivity contribution in [3.05, 3.63) is 64.6 Å². The number of nitrogens with zero attached hydrogens (tertiary/aromatic N) is 1. The Morgan fingerprint density at radius 1 is 0.893 bits per heavy atom. The van der Waals surface area contributed by atoms with Crippen LogP contribution in [0, 0.1) is 4.91 Å². The van der Waals surface area contributed by atoms with Gasteiger partial charge in [-0.2, -0.15) is 4.91 Å². The Kier molecular flexibility index (Phi) is 8.23. The predicted molar refractivity (Wildman–Crippen MR) is 109 cm³/mol. The molecule has 2 aromatic carbocycles. The third kappa shape index (κ3) is 6.19. The van der Waals surface area contributed by atoms with Gasteiger partial charge in [0.25, 0.3) is 0 Å². The second kappa shape index (κ2) is 10.4. The Labute approximate surface area is 170 Å². The average molecular weight is 408 g/mol. The number of aliphatic hydroxyl groups is 2. The topological polar surface area (TPSA) is 88.3 Å². The number of aliphatic hydroxyl groups excluding tert-OH is 2. The minimum Gasteiger partial charge on any atom is -0.491 e. The highest BCUT2D eigenvalue weighted by Gasteiger charge is 2.23. The molecule has 0 saturated heterocycles. The van der Waals surface area contributed by atoms with Crippen LogP contribution < -0.4 is 9.47 Å². The van der Waals surface area contributed by atoms with Crippen LogP contribution in [0.2, 0.25) is 0 Å². The fourth-order valence-electron chi connectivity index (χ4n) is 2.67. The van der Waals surface area contributed by atoms with Crippen molar-refractivity contribution in [2.24, 2.45) is 5.18 Å². The van der Waals surface area contributed by atoms with Gasteiger partial charge in [-0.3, -0.25) is 0 Å². The average Bonchev–Trinajstić information content (AvgIpc) is 2.71. The maximum atomic E-state index is 10.1. The minimum atomic E-state index is -0.903. The molecular formula is C21H26ClNO5. The molecule has 0 heterocycles. The second-order valence-corrected chi connectivity index (χ2v) is 7.38. The number of nitroso groups, excluding NO2 is 1. The van der Waals surface area contributed by atoms with Gasteiger partial charge in [0, 0.05) is 5.41 Å². The van der Waals surface area contributed by atoms with Gasteiger partial charge in [-0.05, 0) is 35.4 Å². The van der Waals surface area contributed by atoms with Crippen molar-refractivity contribution in [3.63, 3.8) is 0 Å². The van der Waals surface area contributed by atoms with Gasteiger partial charge in [0.05, 0.1) is 5.88 Å². The summed E-state index contributed by atoms with van der Waals surface area (Å²) in [5.41, 5.74) is 1.97. The van der Waals surface area contributed by atoms with Gasteiger partial charge >= 0.3 is 0 Å². The molecule has 0 radical (unpaired) electrons. The second-order valence-electron chi connectivity index (χ2n) is 7.07. The lowest BCUT2D eigenvalue weighted by atomic mass is 9.78. The van der Waals surface area contributed by atoms with Gasteiger partial charge in [0.1, 0.15) is 43.5 Å². The summed E-state index contributed by atoms with van der Waals surface area (Å²) in [4.78, 5) is 10.1. The van der Waals surface area contributed by atoms with E-state index >= 15 is 0 Å². The largest absolute Gasteiger partial charge is 0.491 e. The van der Waals surface area contributed by atoms with Gasteiger partial charge in [0.2, 0.25) is 0 Å². The van der Waals surface area contributed by atoms with Crippen molar-refractivity contribution in [1.29, 1.82) is 0 Å². The van der Waals surface area contributed by atoms with Crippen LogP contribution >= 0.6 is 11.6 Å². The van der Waals surface area contributed by atoms with Crippen LogP contribution in [0.25, 0.3) is 0 Å². The molecule has 0 aromatic heterocycles. The van der Waals surface area contributed by atoms with Crippen molar-refractivity contribution < 1.29 is 19.7 Å². The molecular weight excluding hydrogens is 382 g/mol. The Morgan fingerprint density at radius 3 is 1.71 bits per heavy atom. The maximum absolute atomic E-state index is 10.1. The first-order chi connectivity index (χ1) is 13.4. The molecule has 0 saturated carbocycles. The summed E-state index contributed by atoms with van der Waals surface area (Å²) >= 11 is 5.56. The summed E-state index contributed by atoms with van der Waals surface area (Å²) in [6, 6.07) is 15.4. The van der Waals surface area contributed by atoms with Crippen LogP contribution in [0.4, 0.5) is 0 Å². The van der Waals surface area contributed by atoms with Crippen LogP contribution in [0.5, 0.6) is 11.5 Å². The summed E-state index contributed by atoms with van der Waals surface area (Å²) in [6.45, 7) is 4.24. The van der Waals surface area contributed by atoms with Gasteiger partial charge in [-0.15, -0.1) is 11.6 Å². The third-order valence-electron chi connectivity index (χ3n) is 4.50. The summed E-state index contributed by atoms with van der Waals surface area (Å²) in [7, 11) is 0. The fraction of sp³-hybridized carbons (Fsp3) is 0.429. The molecule has 6 nitrogen and oxygen atoms in total. The summed E-state index contributed by atoms with van der Waals surface area (Å²) in [5.74, 6) is 1.43. The summed E-state index contributed by atoms with van der Waals surface area (Å²) in [5, 5.41) is 21.6. The Hall–Kier alpha value is -2.15. The number of hydrogen-bond donors (Lipinski definition) is 2. The first-order valence-electron chi connectivity index (χ1n) is 9.04. The van der Waals surface area contributed by atoms with Crippen LogP contribution in [-0.2, 0) is 5.41 Å². The molecule has 0 aliphatic rings. The summed E-state index contributed by atoms with van der Waals surface area (Å²) in [6.07, 6.45) is -1.59. The van der Waals surface area contributed by atoms with E-state index < -0.39 is 12.2 Å². The van der Waals surface area contributed by atoms with E-state index in [4.69, 9.17) is 21.1 Å². The summed E-state index contributed by atoms with van der Waals surface area (Å²) < 4.78 is 11.0. The number of ether oxygens (including phenoxy) is 2. The number of alkyl halides is 1. The number of hydrogen-bond acceptors (Lipinski definition) is 6. The fourth-order valence-corrected chi connectivity index (χ4v) is 2.76. The molecule has 2 N–H and O–H groups in total. The number of benzene rings is 2. The Bertz CT molecular complexity index is 733. The van der Waals surface area contributed by atoms with Gasteiger partial charge < -0.3 is 19.7 Å². The highest BCUT2D eigenvalue weighted by molar-refractivity contribution is 6.18. The van der Waals surface area contributed by atoms with Crippen molar-refractivity contribution in [3.8, 4) is 11.5 Å². The molecule has 2 aromatic rings. The first-order valence-corrected chi connectivity index (χ1v) is 9.58. The first kappa shape index (κ1) is 22.1. The molecule has 2 rings (SSSR count). The quantitative estimate of drug-likeness (QED) is 0.439. The van der Waals surface area contributed by atoms with E-state index in [-0.39, 0.29) is 31.1 Å². The zero-order valence-corrected chi connectivity index (χ0v) is 16.8. The highest BCUT2D eigenvalue weighted by Crippen LogP contribution is 2.33. The molecule has 0 amide bonds. The van der Waals surface area contributed by atoms with Crippen molar-refractivity contribution >= 4 is 11.6 Å². The molecule has 0 fully saturated rings. The normalized spacial score (nSPS) is 13.6. The number of rotatable bonds is 11. The SMILES string of the molecule is CC(C)(c1ccc(OCC(O)CCl)cc1)c1ccc(OCC(O)CN=O)cc1. The monoisotopic (exact) mass is 407 g/mol. The van der Waals surface area contributed by atoms with E-state index in [0.29, 0.717) is 11.5 Å². The molecule has 2 atom stereocenters. The number of halogens is 1. The molecule has 152 valence electrons. The van der Waals surface area contributed by atoms with Crippen LogP contribution in [-0.4, -0.2) is 48.1 Å². The Balaban J connectivity index is 2.02. The van der Waals surface area contributed by atoms with E-state index in [1.807, 2.05) is 48.5 Å². The van der Waals surface area contributed by atoms with E-state index in [9.17, 15) is 15.1 Å². The zero-order valence-electron chi connectivity index (χ0n) is 16.0. The molecule has 0 bridgehead atoms. The van der Waals surface area contributed by atoms with E-state index in [0.717, 1.165) is 11.1 Å². The molecule has 28 heavy (non-hydrogen) atoms. The van der Waals surface area contributed by atoms with Crippen molar-refractivity contribution in [2.45, 2.75) is 31.5 Å². The van der Waals surface area contributed by atoms with E-state index in [1.165, 1.54) is 0 Å². The molecule has 2 unspecified atom stereocenters. The van der Waals surface area contributed by atoms with E-state index in [1.54, 1.807) is 0 Å². The lowest BCUT2D eigenvalue weighted by Gasteiger charge is -2.26. The van der Waals surface area contributed by atoms with Gasteiger partial charge in [-0.1, -0.05) is 43.3 Å². The van der Waals surface area contributed by atoms with Gasteiger partial charge in [-0.25, -0.2) is 0 Å². The van der Waals surface area contributed by atoms with Crippen molar-refractivity contribution in [2.75, 3.05) is 25.6 Å². The van der Waals surface area contributed by atoms with Gasteiger partial charge in [0.15, 0.2) is 0 Å². The maximum Gasteiger partial charge on any atom is 0.119 e. The molecule has 0 spiro atoms. The third-order valence-corrected chi connectivity index (χ3v) is 4.86. The molecule has 7 heteroatoms. The van der Waals surface area contributed by atoms with Crippen molar-refractivity contribution in [1.82, 2.24) is 0 Å².